The van der Waals surface area contributed by atoms with Crippen molar-refractivity contribution >= 4 is 17.6 Å². The van der Waals surface area contributed by atoms with Gasteiger partial charge in [-0.2, -0.15) is 0 Å². The maximum absolute atomic E-state index is 12.3. The van der Waals surface area contributed by atoms with Crippen LogP contribution in [0.3, 0.4) is 0 Å². The molecule has 142 valence electrons. The Hall–Kier alpha value is -3.02. The lowest BCUT2D eigenvalue weighted by molar-refractivity contribution is -0.139. The van der Waals surface area contributed by atoms with Crippen LogP contribution >= 0.6 is 0 Å². The zero-order valence-electron chi connectivity index (χ0n) is 15.6. The number of fused-ring (bicyclic) bond motifs is 1. The first kappa shape index (κ1) is 18.8. The smallest absolute Gasteiger partial charge is 0.341 e. The number of carboxylic acids is 1. The maximum Gasteiger partial charge on any atom is 0.341 e. The summed E-state index contributed by atoms with van der Waals surface area (Å²) >= 11 is 0. The lowest BCUT2D eigenvalue weighted by Crippen LogP contribution is -2.24. The first-order chi connectivity index (χ1) is 12.9. The van der Waals surface area contributed by atoms with E-state index >= 15 is 0 Å². The number of amides is 1. The van der Waals surface area contributed by atoms with Gasteiger partial charge in [-0.1, -0.05) is 32.0 Å². The number of anilines is 1. The molecule has 0 aliphatic carbocycles. The molecule has 1 aliphatic heterocycles. The van der Waals surface area contributed by atoms with Gasteiger partial charge < -0.3 is 19.9 Å². The van der Waals surface area contributed by atoms with Gasteiger partial charge in [0.25, 0.3) is 0 Å². The molecule has 1 amide bonds. The Morgan fingerprint density at radius 2 is 2.00 bits per heavy atom. The Labute approximate surface area is 158 Å². The Bertz CT molecular complexity index is 875. The van der Waals surface area contributed by atoms with Crippen LogP contribution in [0, 0.1) is 0 Å². The molecule has 27 heavy (non-hydrogen) atoms. The van der Waals surface area contributed by atoms with Crippen LogP contribution in [0.1, 0.15) is 48.8 Å². The average Bonchev–Trinajstić information content (AvgIpc) is 2.64. The van der Waals surface area contributed by atoms with E-state index in [0.717, 1.165) is 16.9 Å². The van der Waals surface area contributed by atoms with Crippen molar-refractivity contribution in [2.75, 3.05) is 19.0 Å². The van der Waals surface area contributed by atoms with Crippen molar-refractivity contribution in [1.29, 1.82) is 0 Å². The molecular weight excluding hydrogens is 346 g/mol. The van der Waals surface area contributed by atoms with Crippen LogP contribution in [0.15, 0.2) is 36.4 Å². The minimum atomic E-state index is -1.05. The minimum Gasteiger partial charge on any atom is -0.496 e. The summed E-state index contributed by atoms with van der Waals surface area (Å²) in [6, 6.07) is 11.4. The van der Waals surface area contributed by atoms with Crippen LogP contribution < -0.4 is 14.8 Å². The van der Waals surface area contributed by atoms with E-state index in [9.17, 15) is 9.59 Å². The fraction of sp³-hybridized carbons (Fsp3) is 0.333. The Kier molecular flexibility index (Phi) is 5.35. The molecule has 1 heterocycles. The summed E-state index contributed by atoms with van der Waals surface area (Å²) in [4.78, 5) is 23.0. The molecule has 6 nitrogen and oxygen atoms in total. The fourth-order valence-corrected chi connectivity index (χ4v) is 3.34. The van der Waals surface area contributed by atoms with E-state index in [-0.39, 0.29) is 11.8 Å². The van der Waals surface area contributed by atoms with E-state index in [1.807, 2.05) is 18.2 Å². The topological polar surface area (TPSA) is 84.9 Å². The highest BCUT2D eigenvalue weighted by Gasteiger charge is 2.29. The SMILES string of the molecule is COc1ccc(C(C)C)cc1C1CC(=O)Nc2cc(OCC(=O)O)ccc21. The second-order valence-electron chi connectivity index (χ2n) is 6.89. The molecule has 0 saturated heterocycles. The lowest BCUT2D eigenvalue weighted by Gasteiger charge is -2.28. The molecule has 0 saturated carbocycles. The number of hydrogen-bond acceptors (Lipinski definition) is 4. The van der Waals surface area contributed by atoms with Crippen molar-refractivity contribution in [1.82, 2.24) is 0 Å². The van der Waals surface area contributed by atoms with Crippen LogP contribution in [0.2, 0.25) is 0 Å². The molecule has 0 radical (unpaired) electrons. The highest BCUT2D eigenvalue weighted by atomic mass is 16.5. The van der Waals surface area contributed by atoms with Crippen molar-refractivity contribution < 1.29 is 24.2 Å². The van der Waals surface area contributed by atoms with Crippen molar-refractivity contribution in [2.45, 2.75) is 32.1 Å². The van der Waals surface area contributed by atoms with Gasteiger partial charge in [-0.3, -0.25) is 4.79 Å². The van der Waals surface area contributed by atoms with Crippen molar-refractivity contribution in [3.63, 3.8) is 0 Å². The van der Waals surface area contributed by atoms with Gasteiger partial charge in [0.05, 0.1) is 7.11 Å². The van der Waals surface area contributed by atoms with E-state index in [4.69, 9.17) is 14.6 Å². The monoisotopic (exact) mass is 369 g/mol. The summed E-state index contributed by atoms with van der Waals surface area (Å²) in [5, 5.41) is 11.6. The number of nitrogens with one attached hydrogen (secondary N) is 1. The van der Waals surface area contributed by atoms with Crippen LogP contribution in [0.25, 0.3) is 0 Å². The van der Waals surface area contributed by atoms with Gasteiger partial charge >= 0.3 is 5.97 Å². The number of carbonyl (C=O) groups excluding carboxylic acids is 1. The second kappa shape index (κ2) is 7.70. The van der Waals surface area contributed by atoms with Crippen LogP contribution in [-0.4, -0.2) is 30.7 Å². The van der Waals surface area contributed by atoms with Crippen LogP contribution in [0.4, 0.5) is 5.69 Å². The highest BCUT2D eigenvalue weighted by Crippen LogP contribution is 2.42. The quantitative estimate of drug-likeness (QED) is 0.810. The highest BCUT2D eigenvalue weighted by molar-refractivity contribution is 5.95. The molecule has 0 spiro atoms. The number of rotatable bonds is 6. The molecule has 1 unspecified atom stereocenters. The number of carboxylic acid groups (broad SMARTS) is 1. The van der Waals surface area contributed by atoms with Crippen molar-refractivity contribution in [3.8, 4) is 11.5 Å². The molecular formula is C21H23NO5. The van der Waals surface area contributed by atoms with E-state index < -0.39 is 12.6 Å². The van der Waals surface area contributed by atoms with Crippen LogP contribution in [-0.2, 0) is 9.59 Å². The minimum absolute atomic E-state index is 0.0973. The lowest BCUT2D eigenvalue weighted by atomic mass is 9.83. The summed E-state index contributed by atoms with van der Waals surface area (Å²) in [5.41, 5.74) is 3.74. The van der Waals surface area contributed by atoms with Crippen molar-refractivity contribution in [2.24, 2.45) is 0 Å². The predicted molar refractivity (Wildman–Crippen MR) is 102 cm³/mol. The third-order valence-corrected chi connectivity index (χ3v) is 4.72. The number of aliphatic carboxylic acids is 1. The van der Waals surface area contributed by atoms with Crippen molar-refractivity contribution in [3.05, 3.63) is 53.1 Å². The zero-order chi connectivity index (χ0) is 19.6. The van der Waals surface area contributed by atoms with Gasteiger partial charge in [0, 0.05) is 29.7 Å². The maximum atomic E-state index is 12.3. The molecule has 0 bridgehead atoms. The van der Waals surface area contributed by atoms with E-state index in [1.165, 1.54) is 5.56 Å². The second-order valence-corrected chi connectivity index (χ2v) is 6.89. The normalized spacial score (nSPS) is 15.9. The number of carbonyl (C=O) groups is 2. The number of ether oxygens (including phenoxy) is 2. The predicted octanol–water partition coefficient (Wildman–Crippen LogP) is 3.76. The molecule has 2 aromatic carbocycles. The summed E-state index contributed by atoms with van der Waals surface area (Å²) in [7, 11) is 1.63. The van der Waals surface area contributed by atoms with Gasteiger partial charge in [0.1, 0.15) is 11.5 Å². The Morgan fingerprint density at radius 3 is 2.67 bits per heavy atom. The van der Waals surface area contributed by atoms with Gasteiger partial charge in [-0.25, -0.2) is 4.79 Å². The van der Waals surface area contributed by atoms with Gasteiger partial charge in [-0.05, 0) is 29.2 Å². The third kappa shape index (κ3) is 4.05. The first-order valence-corrected chi connectivity index (χ1v) is 8.85. The molecule has 3 rings (SSSR count). The fourth-order valence-electron chi connectivity index (χ4n) is 3.34. The first-order valence-electron chi connectivity index (χ1n) is 8.85. The molecule has 0 aromatic heterocycles. The van der Waals surface area contributed by atoms with Crippen LogP contribution in [0.5, 0.6) is 11.5 Å². The summed E-state index contributed by atoms with van der Waals surface area (Å²) in [6.07, 6.45) is 0.320. The molecule has 2 aromatic rings. The zero-order valence-corrected chi connectivity index (χ0v) is 15.6. The molecule has 0 fully saturated rings. The Morgan fingerprint density at radius 1 is 1.22 bits per heavy atom. The summed E-state index contributed by atoms with van der Waals surface area (Å²) < 4.78 is 10.8. The largest absolute Gasteiger partial charge is 0.496 e. The molecule has 2 N–H and O–H groups in total. The third-order valence-electron chi connectivity index (χ3n) is 4.72. The molecule has 1 atom stereocenters. The van der Waals surface area contributed by atoms with E-state index in [1.54, 1.807) is 19.2 Å². The molecule has 6 heteroatoms. The van der Waals surface area contributed by atoms with Gasteiger partial charge in [-0.15, -0.1) is 0 Å². The van der Waals surface area contributed by atoms with E-state index in [2.05, 4.69) is 25.2 Å². The molecule has 1 aliphatic rings. The summed E-state index contributed by atoms with van der Waals surface area (Å²) in [6.45, 7) is 3.82. The number of hydrogen-bond donors (Lipinski definition) is 2. The summed E-state index contributed by atoms with van der Waals surface area (Å²) in [5.74, 6) is 0.218. The average molecular weight is 369 g/mol. The van der Waals surface area contributed by atoms with E-state index in [0.29, 0.717) is 23.8 Å². The standard InChI is InChI=1S/C21H23NO5/c1-12(2)13-4-7-19(26-3)17(8-13)16-10-20(23)22-18-9-14(5-6-15(16)18)27-11-21(24)25/h4-9,12,16H,10-11H2,1-3H3,(H,22,23)(H,24,25). The number of methoxy groups -OCH3 is 1. The number of benzene rings is 2. The van der Waals surface area contributed by atoms with Gasteiger partial charge in [0.2, 0.25) is 5.91 Å². The van der Waals surface area contributed by atoms with Gasteiger partial charge in [0.15, 0.2) is 6.61 Å². The Balaban J connectivity index is 2.02.